The summed E-state index contributed by atoms with van der Waals surface area (Å²) in [7, 11) is 0. The predicted octanol–water partition coefficient (Wildman–Crippen LogP) is 11.0. The van der Waals surface area contributed by atoms with Gasteiger partial charge >= 0.3 is 0 Å². The molecule has 0 amide bonds. The van der Waals surface area contributed by atoms with Crippen molar-refractivity contribution in [3.05, 3.63) is 132 Å². The first-order chi connectivity index (χ1) is 20.9. The lowest BCUT2D eigenvalue weighted by molar-refractivity contribution is 0.119. The van der Waals surface area contributed by atoms with Gasteiger partial charge in [-0.05, 0) is 83.7 Å². The second-order valence-corrected chi connectivity index (χ2v) is 11.7. The molecule has 1 saturated carbocycles. The third kappa shape index (κ3) is 6.80. The molecule has 0 aliphatic heterocycles. The monoisotopic (exact) mass is 574 g/mol. The molecular weight excluding hydrogens is 538 g/mol. The fourth-order valence-corrected chi connectivity index (χ4v) is 5.92. The van der Waals surface area contributed by atoms with Crippen molar-refractivity contribution in [2.45, 2.75) is 45.4 Å². The highest BCUT2D eigenvalue weighted by atomic mass is 19.1. The van der Waals surface area contributed by atoms with Crippen LogP contribution < -0.4 is 9.47 Å². The van der Waals surface area contributed by atoms with Crippen LogP contribution >= 0.6 is 0 Å². The first-order valence-electron chi connectivity index (χ1n) is 15.1. The number of hydrogen-bond donors (Lipinski definition) is 0. The minimum absolute atomic E-state index is 0.169. The predicted molar refractivity (Wildman–Crippen MR) is 170 cm³/mol. The molecule has 0 saturated heterocycles. The van der Waals surface area contributed by atoms with Crippen LogP contribution in [0.4, 0.5) is 8.78 Å². The first kappa shape index (κ1) is 28.7. The van der Waals surface area contributed by atoms with Crippen molar-refractivity contribution in [3.8, 4) is 44.9 Å². The van der Waals surface area contributed by atoms with Crippen LogP contribution in [0.5, 0.6) is 11.5 Å². The molecule has 43 heavy (non-hydrogen) atoms. The van der Waals surface area contributed by atoms with E-state index in [1.807, 2.05) is 36.4 Å². The second-order valence-electron chi connectivity index (χ2n) is 11.7. The van der Waals surface area contributed by atoms with E-state index in [4.69, 9.17) is 9.47 Å². The fraction of sp³-hybridized carbons (Fsp3) is 0.231. The Labute approximate surface area is 252 Å². The highest BCUT2D eigenvalue weighted by molar-refractivity contribution is 5.71. The Kier molecular flexibility index (Phi) is 8.55. The summed E-state index contributed by atoms with van der Waals surface area (Å²) in [4.78, 5) is 0. The molecule has 0 radical (unpaired) electrons. The van der Waals surface area contributed by atoms with E-state index in [1.165, 1.54) is 48.9 Å². The number of rotatable bonds is 8. The van der Waals surface area contributed by atoms with E-state index in [2.05, 4.69) is 50.2 Å². The standard InChI is InChI=1S/C39H36F2O2/c1-26-3-7-28(8-4-26)30-11-15-32(16-12-30)36-21-19-34(23-38(36)40)42-25-43-35-20-22-37(39(41)24-35)33-17-13-31(14-18-33)29-9-5-27(2)6-10-29/h3-4,7-8,11-24,27,29H,5-6,9-10,25H2,1-2H3. The number of benzene rings is 5. The Morgan fingerprint density at radius 2 is 1.00 bits per heavy atom. The van der Waals surface area contributed by atoms with Gasteiger partial charge in [-0.3, -0.25) is 0 Å². The highest BCUT2D eigenvalue weighted by Crippen LogP contribution is 2.37. The maximum Gasteiger partial charge on any atom is 0.230 e. The van der Waals surface area contributed by atoms with E-state index < -0.39 is 0 Å². The molecule has 6 rings (SSSR count). The number of ether oxygens (including phenoxy) is 2. The second kappa shape index (κ2) is 12.8. The molecule has 1 fully saturated rings. The van der Waals surface area contributed by atoms with Crippen molar-refractivity contribution in [3.63, 3.8) is 0 Å². The Bertz CT molecular complexity index is 1670. The Balaban J connectivity index is 1.04. The van der Waals surface area contributed by atoms with Gasteiger partial charge in [0.1, 0.15) is 23.1 Å². The molecule has 5 aromatic rings. The van der Waals surface area contributed by atoms with Crippen LogP contribution in [0.2, 0.25) is 0 Å². The van der Waals surface area contributed by atoms with E-state index >= 15 is 4.39 Å². The summed E-state index contributed by atoms with van der Waals surface area (Å²) in [5, 5.41) is 0. The van der Waals surface area contributed by atoms with Crippen LogP contribution in [0.15, 0.2) is 109 Å². The number of halogens is 2. The van der Waals surface area contributed by atoms with Crippen LogP contribution in [0, 0.1) is 24.5 Å². The maximum absolute atomic E-state index is 15.0. The Morgan fingerprint density at radius 1 is 0.558 bits per heavy atom. The molecule has 218 valence electrons. The van der Waals surface area contributed by atoms with Gasteiger partial charge in [0.05, 0.1) is 0 Å². The average molecular weight is 575 g/mol. The lowest BCUT2D eigenvalue weighted by atomic mass is 9.79. The third-order valence-electron chi connectivity index (χ3n) is 8.62. The summed E-state index contributed by atoms with van der Waals surface area (Å²) in [5.41, 5.74) is 7.39. The van der Waals surface area contributed by atoms with Gasteiger partial charge in [-0.1, -0.05) is 98.1 Å². The van der Waals surface area contributed by atoms with Crippen molar-refractivity contribution in [1.29, 1.82) is 0 Å². The minimum atomic E-state index is -0.389. The molecular formula is C39H36F2O2. The molecule has 5 aromatic carbocycles. The van der Waals surface area contributed by atoms with E-state index in [1.54, 1.807) is 24.3 Å². The van der Waals surface area contributed by atoms with E-state index in [9.17, 15) is 4.39 Å². The average Bonchev–Trinajstić information content (AvgIpc) is 3.02. The summed E-state index contributed by atoms with van der Waals surface area (Å²) in [6, 6.07) is 34.0. The van der Waals surface area contributed by atoms with Gasteiger partial charge in [0, 0.05) is 23.3 Å². The van der Waals surface area contributed by atoms with Crippen LogP contribution in [0.25, 0.3) is 33.4 Å². The van der Waals surface area contributed by atoms with Gasteiger partial charge in [-0.25, -0.2) is 8.78 Å². The first-order valence-corrected chi connectivity index (χ1v) is 15.1. The molecule has 0 atom stereocenters. The van der Waals surface area contributed by atoms with Crippen molar-refractivity contribution >= 4 is 0 Å². The van der Waals surface area contributed by atoms with Crippen LogP contribution in [0.1, 0.15) is 49.7 Å². The molecule has 0 spiro atoms. The Hall–Kier alpha value is -4.44. The quantitative estimate of drug-likeness (QED) is 0.172. The summed E-state index contributed by atoms with van der Waals surface area (Å²) >= 11 is 0. The lowest BCUT2D eigenvalue weighted by Gasteiger charge is -2.26. The zero-order valence-corrected chi connectivity index (χ0v) is 24.7. The summed E-state index contributed by atoms with van der Waals surface area (Å²) in [5.74, 6) is 1.35. The minimum Gasteiger partial charge on any atom is -0.457 e. The van der Waals surface area contributed by atoms with Crippen molar-refractivity contribution in [1.82, 2.24) is 0 Å². The van der Waals surface area contributed by atoms with Crippen molar-refractivity contribution in [2.24, 2.45) is 5.92 Å². The number of aryl methyl sites for hydroxylation is 1. The molecule has 0 heterocycles. The zero-order valence-electron chi connectivity index (χ0n) is 24.7. The van der Waals surface area contributed by atoms with Gasteiger partial charge < -0.3 is 9.47 Å². The molecule has 1 aliphatic carbocycles. The smallest absolute Gasteiger partial charge is 0.230 e. The summed E-state index contributed by atoms with van der Waals surface area (Å²) < 4.78 is 41.2. The van der Waals surface area contributed by atoms with Gasteiger partial charge in [0.15, 0.2) is 0 Å². The van der Waals surface area contributed by atoms with Gasteiger partial charge in [0.2, 0.25) is 6.79 Å². The fourth-order valence-electron chi connectivity index (χ4n) is 5.92. The molecule has 0 N–H and O–H groups in total. The normalized spacial score (nSPS) is 16.6. The molecule has 0 aromatic heterocycles. The van der Waals surface area contributed by atoms with Crippen molar-refractivity contribution in [2.75, 3.05) is 6.79 Å². The molecule has 1 aliphatic rings. The Morgan fingerprint density at radius 3 is 1.49 bits per heavy atom. The largest absolute Gasteiger partial charge is 0.457 e. The molecule has 2 nitrogen and oxygen atoms in total. The number of hydrogen-bond acceptors (Lipinski definition) is 2. The molecule has 0 bridgehead atoms. The zero-order chi connectivity index (χ0) is 29.8. The third-order valence-corrected chi connectivity index (χ3v) is 8.62. The topological polar surface area (TPSA) is 18.5 Å². The van der Waals surface area contributed by atoms with Crippen molar-refractivity contribution < 1.29 is 18.3 Å². The summed E-state index contributed by atoms with van der Waals surface area (Å²) in [6.45, 7) is 4.22. The maximum atomic E-state index is 15.0. The van der Waals surface area contributed by atoms with E-state index in [0.29, 0.717) is 28.5 Å². The van der Waals surface area contributed by atoms with Crippen LogP contribution in [-0.2, 0) is 0 Å². The van der Waals surface area contributed by atoms with Crippen LogP contribution in [0.3, 0.4) is 0 Å². The molecule has 0 unspecified atom stereocenters. The van der Waals surface area contributed by atoms with Gasteiger partial charge in [-0.15, -0.1) is 0 Å². The molecule has 4 heteroatoms. The van der Waals surface area contributed by atoms with Crippen LogP contribution in [-0.4, -0.2) is 6.79 Å². The van der Waals surface area contributed by atoms with Gasteiger partial charge in [-0.2, -0.15) is 0 Å². The SMILES string of the molecule is Cc1ccc(-c2ccc(-c3ccc(OCOc4ccc(-c5ccc(C6CCC(C)CC6)cc5)c(F)c4)cc3F)cc2)cc1. The van der Waals surface area contributed by atoms with E-state index in [-0.39, 0.29) is 18.4 Å². The lowest BCUT2D eigenvalue weighted by Crippen LogP contribution is -2.10. The summed E-state index contributed by atoms with van der Waals surface area (Å²) in [6.07, 6.45) is 5.00. The van der Waals surface area contributed by atoms with E-state index in [0.717, 1.165) is 28.2 Å². The van der Waals surface area contributed by atoms with Gasteiger partial charge in [0.25, 0.3) is 0 Å². The highest BCUT2D eigenvalue weighted by Gasteiger charge is 2.20.